The molecule has 0 radical (unpaired) electrons. The Morgan fingerprint density at radius 3 is 3.00 bits per heavy atom. The summed E-state index contributed by atoms with van der Waals surface area (Å²) in [6, 6.07) is 7.12. The van der Waals surface area contributed by atoms with Crippen LogP contribution < -0.4 is 5.32 Å². The lowest BCUT2D eigenvalue weighted by molar-refractivity contribution is 0.0991. The molecule has 0 aliphatic heterocycles. The molecular formula is C17H15ClN2O2S. The zero-order valence-corrected chi connectivity index (χ0v) is 14.1. The van der Waals surface area contributed by atoms with E-state index in [1.807, 2.05) is 18.4 Å². The van der Waals surface area contributed by atoms with Crippen molar-refractivity contribution in [2.45, 2.75) is 18.6 Å². The van der Waals surface area contributed by atoms with Crippen LogP contribution in [0, 0.1) is 0 Å². The molecule has 0 bridgehead atoms. The number of amides is 1. The van der Waals surface area contributed by atoms with E-state index in [0.717, 1.165) is 11.1 Å². The van der Waals surface area contributed by atoms with Crippen LogP contribution in [0.4, 0.5) is 5.69 Å². The highest BCUT2D eigenvalue weighted by molar-refractivity contribution is 7.97. The summed E-state index contributed by atoms with van der Waals surface area (Å²) >= 11 is 7.86. The van der Waals surface area contributed by atoms with E-state index in [1.165, 1.54) is 0 Å². The van der Waals surface area contributed by atoms with Gasteiger partial charge in [-0.15, -0.1) is 0 Å². The smallest absolute Gasteiger partial charge is 0.274 e. The van der Waals surface area contributed by atoms with Gasteiger partial charge in [-0.25, -0.2) is 0 Å². The predicted octanol–water partition coefficient (Wildman–Crippen LogP) is 3.98. The minimum absolute atomic E-state index is 0.0908. The molecule has 1 aromatic heterocycles. The Labute approximate surface area is 143 Å². The van der Waals surface area contributed by atoms with Crippen molar-refractivity contribution in [1.29, 1.82) is 0 Å². The van der Waals surface area contributed by atoms with Crippen molar-refractivity contribution >= 4 is 40.7 Å². The largest absolute Gasteiger partial charge is 0.319 e. The number of rotatable bonds is 4. The summed E-state index contributed by atoms with van der Waals surface area (Å²) in [5.41, 5.74) is 3.29. The zero-order valence-electron chi connectivity index (χ0n) is 12.6. The molecule has 1 amide bonds. The molecule has 1 aromatic carbocycles. The molecule has 1 aliphatic carbocycles. The first-order valence-corrected chi connectivity index (χ1v) is 8.97. The van der Waals surface area contributed by atoms with Crippen LogP contribution in [0.15, 0.2) is 30.5 Å². The highest BCUT2D eigenvalue weighted by Gasteiger charge is 2.22. The van der Waals surface area contributed by atoms with E-state index in [4.69, 9.17) is 11.6 Å². The highest BCUT2D eigenvalue weighted by atomic mass is 35.5. The number of benzene rings is 1. The SMILES string of the molecule is CSCc1cccnc1C(=O)Nc1cc2c(cc1Cl)CCC2=O. The van der Waals surface area contributed by atoms with Crippen molar-refractivity contribution < 1.29 is 9.59 Å². The van der Waals surface area contributed by atoms with Crippen molar-refractivity contribution in [3.63, 3.8) is 0 Å². The van der Waals surface area contributed by atoms with Crippen LogP contribution in [-0.2, 0) is 12.2 Å². The van der Waals surface area contributed by atoms with Gasteiger partial charge in [0.25, 0.3) is 5.91 Å². The standard InChI is InChI=1S/C17H15ClN2O2S/c1-23-9-11-3-2-6-19-16(11)17(22)20-14-8-12-10(7-13(14)18)4-5-15(12)21/h2-3,6-8H,4-5,9H2,1H3,(H,20,22). The number of thioether (sulfide) groups is 1. The lowest BCUT2D eigenvalue weighted by Gasteiger charge is -2.11. The Hall–Kier alpha value is -1.85. The summed E-state index contributed by atoms with van der Waals surface area (Å²) in [5.74, 6) is 0.475. The number of Topliss-reactive ketones (excluding diaryl/α,β-unsaturated/α-hetero) is 1. The number of nitrogens with zero attached hydrogens (tertiary/aromatic N) is 1. The number of halogens is 1. The van der Waals surface area contributed by atoms with Crippen molar-refractivity contribution in [2.24, 2.45) is 0 Å². The lowest BCUT2D eigenvalue weighted by atomic mass is 10.1. The van der Waals surface area contributed by atoms with Crippen molar-refractivity contribution in [2.75, 3.05) is 11.6 Å². The molecule has 1 N–H and O–H groups in total. The maximum Gasteiger partial charge on any atom is 0.274 e. The monoisotopic (exact) mass is 346 g/mol. The van der Waals surface area contributed by atoms with Gasteiger partial charge in [0.15, 0.2) is 5.78 Å². The average molecular weight is 347 g/mol. The number of nitrogens with one attached hydrogen (secondary N) is 1. The molecule has 0 fully saturated rings. The average Bonchev–Trinajstić information content (AvgIpc) is 2.89. The number of ketones is 1. The second-order valence-corrected chi connectivity index (χ2v) is 6.58. The molecular weight excluding hydrogens is 332 g/mol. The third kappa shape index (κ3) is 3.26. The predicted molar refractivity (Wildman–Crippen MR) is 93.5 cm³/mol. The fraction of sp³-hybridized carbons (Fsp3) is 0.235. The van der Waals surface area contributed by atoms with E-state index < -0.39 is 0 Å². The van der Waals surface area contributed by atoms with Crippen LogP contribution >= 0.6 is 23.4 Å². The number of anilines is 1. The van der Waals surface area contributed by atoms with E-state index in [9.17, 15) is 9.59 Å². The molecule has 2 aromatic rings. The first kappa shape index (κ1) is 16.0. The topological polar surface area (TPSA) is 59.1 Å². The summed E-state index contributed by atoms with van der Waals surface area (Å²) in [6.45, 7) is 0. The maximum absolute atomic E-state index is 12.5. The quantitative estimate of drug-likeness (QED) is 0.909. The molecule has 1 aliphatic rings. The highest BCUT2D eigenvalue weighted by Crippen LogP contribution is 2.31. The first-order chi connectivity index (χ1) is 11.1. The molecule has 6 heteroatoms. The molecule has 0 atom stereocenters. The number of hydrogen-bond acceptors (Lipinski definition) is 4. The van der Waals surface area contributed by atoms with E-state index >= 15 is 0 Å². The number of fused-ring (bicyclic) bond motifs is 1. The van der Waals surface area contributed by atoms with E-state index in [2.05, 4.69) is 10.3 Å². The number of carbonyl (C=O) groups is 2. The number of hydrogen-bond donors (Lipinski definition) is 1. The molecule has 0 spiro atoms. The summed E-state index contributed by atoms with van der Waals surface area (Å²) in [4.78, 5) is 28.5. The van der Waals surface area contributed by atoms with Gasteiger partial charge in [-0.2, -0.15) is 11.8 Å². The van der Waals surface area contributed by atoms with Crippen LogP contribution in [0.5, 0.6) is 0 Å². The minimum Gasteiger partial charge on any atom is -0.319 e. The molecule has 3 rings (SSSR count). The second kappa shape index (κ2) is 6.72. The molecule has 0 unspecified atom stereocenters. The molecule has 0 saturated carbocycles. The van der Waals surface area contributed by atoms with Gasteiger partial charge in [-0.3, -0.25) is 14.6 Å². The molecule has 0 saturated heterocycles. The molecule has 118 valence electrons. The Balaban J connectivity index is 1.89. The number of aryl methyl sites for hydroxylation is 1. The molecule has 4 nitrogen and oxygen atoms in total. The van der Waals surface area contributed by atoms with Crippen molar-refractivity contribution in [3.8, 4) is 0 Å². The van der Waals surface area contributed by atoms with Crippen LogP contribution in [-0.4, -0.2) is 22.9 Å². The Kier molecular flexibility index (Phi) is 4.68. The Morgan fingerprint density at radius 1 is 1.39 bits per heavy atom. The van der Waals surface area contributed by atoms with Crippen LogP contribution in [0.3, 0.4) is 0 Å². The Bertz CT molecular complexity index is 792. The summed E-state index contributed by atoms with van der Waals surface area (Å²) in [5, 5.41) is 3.22. The number of aromatic nitrogens is 1. The summed E-state index contributed by atoms with van der Waals surface area (Å²) < 4.78 is 0. The van der Waals surface area contributed by atoms with Crippen molar-refractivity contribution in [1.82, 2.24) is 4.98 Å². The third-order valence-corrected chi connectivity index (χ3v) is 4.68. The third-order valence-electron chi connectivity index (χ3n) is 3.77. The van der Waals surface area contributed by atoms with Gasteiger partial charge in [0.1, 0.15) is 5.69 Å². The summed E-state index contributed by atoms with van der Waals surface area (Å²) in [6.07, 6.45) is 4.77. The lowest BCUT2D eigenvalue weighted by Crippen LogP contribution is -2.16. The van der Waals surface area contributed by atoms with Gasteiger partial charge in [0.2, 0.25) is 0 Å². The number of pyridine rings is 1. The van der Waals surface area contributed by atoms with Crippen LogP contribution in [0.1, 0.15) is 38.4 Å². The van der Waals surface area contributed by atoms with Gasteiger partial charge in [0, 0.05) is 23.9 Å². The Morgan fingerprint density at radius 2 is 2.22 bits per heavy atom. The number of carbonyl (C=O) groups excluding carboxylic acids is 2. The van der Waals surface area contributed by atoms with Gasteiger partial charge < -0.3 is 5.32 Å². The molecule has 23 heavy (non-hydrogen) atoms. The van der Waals surface area contributed by atoms with Crippen molar-refractivity contribution in [3.05, 3.63) is 57.9 Å². The van der Waals surface area contributed by atoms with E-state index in [-0.39, 0.29) is 11.7 Å². The van der Waals surface area contributed by atoms with Gasteiger partial charge in [-0.05, 0) is 42.0 Å². The van der Waals surface area contributed by atoms with Crippen LogP contribution in [0.25, 0.3) is 0 Å². The maximum atomic E-state index is 12.5. The normalized spacial score (nSPS) is 13.0. The van der Waals surface area contributed by atoms with Gasteiger partial charge in [-0.1, -0.05) is 17.7 Å². The molecule has 1 heterocycles. The fourth-order valence-corrected chi connectivity index (χ4v) is 3.43. The van der Waals surface area contributed by atoms with Gasteiger partial charge in [0.05, 0.1) is 10.7 Å². The summed E-state index contributed by atoms with van der Waals surface area (Å²) in [7, 11) is 0. The van der Waals surface area contributed by atoms with E-state index in [1.54, 1.807) is 30.1 Å². The van der Waals surface area contributed by atoms with Gasteiger partial charge >= 0.3 is 0 Å². The first-order valence-electron chi connectivity index (χ1n) is 7.20. The zero-order chi connectivity index (χ0) is 16.4. The fourth-order valence-electron chi connectivity index (χ4n) is 2.66. The second-order valence-electron chi connectivity index (χ2n) is 5.31. The van der Waals surface area contributed by atoms with E-state index in [0.29, 0.717) is 40.6 Å². The van der Waals surface area contributed by atoms with Crippen LogP contribution in [0.2, 0.25) is 5.02 Å². The minimum atomic E-state index is -0.318.